The molecular formula is C22H26N2O6S. The minimum atomic E-state index is -3.23. The maximum atomic E-state index is 11.6. The van der Waals surface area contributed by atoms with Crippen LogP contribution >= 0.6 is 0 Å². The lowest BCUT2D eigenvalue weighted by Gasteiger charge is -2.16. The second kappa shape index (κ2) is 9.84. The molecule has 31 heavy (non-hydrogen) atoms. The molecule has 0 fully saturated rings. The van der Waals surface area contributed by atoms with Crippen LogP contribution in [0.4, 0.5) is 0 Å². The summed E-state index contributed by atoms with van der Waals surface area (Å²) >= 11 is 0. The summed E-state index contributed by atoms with van der Waals surface area (Å²) < 4.78 is 45.5. The quantitative estimate of drug-likeness (QED) is 0.509. The highest BCUT2D eigenvalue weighted by Gasteiger charge is 2.12. The van der Waals surface area contributed by atoms with Crippen LogP contribution in [0.15, 0.2) is 53.4 Å². The third-order valence-corrected chi connectivity index (χ3v) is 5.58. The molecule has 1 heterocycles. The first kappa shape index (κ1) is 22.6. The second-order valence-electron chi connectivity index (χ2n) is 7.11. The Morgan fingerprint density at radius 2 is 1.74 bits per heavy atom. The molecule has 0 aliphatic heterocycles. The van der Waals surface area contributed by atoms with Crippen LogP contribution in [-0.2, 0) is 21.2 Å². The average molecular weight is 447 g/mol. The van der Waals surface area contributed by atoms with E-state index in [-0.39, 0.29) is 17.6 Å². The molecule has 0 bridgehead atoms. The van der Waals surface area contributed by atoms with Crippen molar-refractivity contribution in [2.75, 3.05) is 27.1 Å². The number of hydrogen-bond acceptors (Lipinski definition) is 7. The van der Waals surface area contributed by atoms with Gasteiger partial charge >= 0.3 is 0 Å². The molecule has 0 unspecified atom stereocenters. The summed E-state index contributed by atoms with van der Waals surface area (Å²) in [5.41, 5.74) is 2.42. The van der Waals surface area contributed by atoms with Crippen LogP contribution in [0.3, 0.4) is 0 Å². The maximum absolute atomic E-state index is 11.6. The number of nitrogens with zero attached hydrogens (tertiary/aromatic N) is 1. The summed E-state index contributed by atoms with van der Waals surface area (Å²) in [5, 5.41) is 7.02. The number of aromatic amines is 1. The molecule has 1 aromatic heterocycles. The zero-order valence-electron chi connectivity index (χ0n) is 17.9. The van der Waals surface area contributed by atoms with Crippen molar-refractivity contribution in [3.63, 3.8) is 0 Å². The van der Waals surface area contributed by atoms with Gasteiger partial charge in [0.2, 0.25) is 5.88 Å². The molecule has 0 radical (unpaired) electrons. The summed E-state index contributed by atoms with van der Waals surface area (Å²) in [7, 11) is -0.0595. The number of aromatic nitrogens is 2. The lowest BCUT2D eigenvalue weighted by Crippen LogP contribution is -2.18. The van der Waals surface area contributed by atoms with Gasteiger partial charge in [-0.2, -0.15) is 0 Å². The number of methoxy groups -OCH3 is 2. The molecular weight excluding hydrogens is 420 g/mol. The van der Waals surface area contributed by atoms with Crippen LogP contribution in [0, 0.1) is 0 Å². The Hall–Kier alpha value is -3.04. The topological polar surface area (TPSA) is 99.7 Å². The van der Waals surface area contributed by atoms with Crippen molar-refractivity contribution in [1.29, 1.82) is 0 Å². The van der Waals surface area contributed by atoms with Crippen LogP contribution in [0.2, 0.25) is 0 Å². The summed E-state index contributed by atoms with van der Waals surface area (Å²) in [5.74, 6) is 1.69. The molecule has 1 N–H and O–H groups in total. The predicted molar refractivity (Wildman–Crippen MR) is 116 cm³/mol. The first-order valence-corrected chi connectivity index (χ1v) is 11.5. The van der Waals surface area contributed by atoms with Crippen LogP contribution in [0.25, 0.3) is 11.3 Å². The molecule has 8 nitrogen and oxygen atoms in total. The van der Waals surface area contributed by atoms with Gasteiger partial charge in [0.25, 0.3) is 0 Å². The summed E-state index contributed by atoms with van der Waals surface area (Å²) in [4.78, 5) is 0.272. The normalized spacial score (nSPS) is 12.4. The first-order chi connectivity index (χ1) is 14.8. The van der Waals surface area contributed by atoms with Crippen molar-refractivity contribution in [2.45, 2.75) is 24.5 Å². The molecule has 0 aliphatic rings. The van der Waals surface area contributed by atoms with E-state index in [1.807, 2.05) is 19.1 Å². The predicted octanol–water partition coefficient (Wildman–Crippen LogP) is 3.48. The standard InChI is InChI=1S/C22H26N2O6S/c1-15(13-27-2)30-19-10-17(21-12-22(28-3)24-23-21)9-18(11-19)29-14-16-5-7-20(8-6-16)31(4,25)26/h5-12,15H,13-14H2,1-4H3,(H,23,24)/t15-/m0/s1. The van der Waals surface area contributed by atoms with Gasteiger partial charge in [-0.05, 0) is 36.8 Å². The second-order valence-corrected chi connectivity index (χ2v) is 9.12. The number of benzene rings is 2. The third-order valence-electron chi connectivity index (χ3n) is 4.45. The fourth-order valence-corrected chi connectivity index (χ4v) is 3.57. The van der Waals surface area contributed by atoms with E-state index in [2.05, 4.69) is 10.2 Å². The van der Waals surface area contributed by atoms with E-state index in [1.54, 1.807) is 50.6 Å². The highest BCUT2D eigenvalue weighted by atomic mass is 32.2. The smallest absolute Gasteiger partial charge is 0.232 e. The minimum Gasteiger partial charge on any atom is -0.489 e. The number of sulfone groups is 1. The molecule has 0 aliphatic carbocycles. The Bertz CT molecular complexity index is 1110. The lowest BCUT2D eigenvalue weighted by atomic mass is 10.1. The Morgan fingerprint density at radius 1 is 1.03 bits per heavy atom. The van der Waals surface area contributed by atoms with E-state index >= 15 is 0 Å². The maximum Gasteiger partial charge on any atom is 0.232 e. The van der Waals surface area contributed by atoms with E-state index < -0.39 is 9.84 Å². The zero-order chi connectivity index (χ0) is 22.4. The van der Waals surface area contributed by atoms with Gasteiger partial charge in [-0.15, -0.1) is 5.10 Å². The van der Waals surface area contributed by atoms with Gasteiger partial charge in [0, 0.05) is 31.1 Å². The highest BCUT2D eigenvalue weighted by molar-refractivity contribution is 7.90. The van der Waals surface area contributed by atoms with Crippen molar-refractivity contribution in [1.82, 2.24) is 10.2 Å². The molecule has 0 saturated carbocycles. The SMILES string of the molecule is COC[C@H](C)Oc1cc(OCc2ccc(S(C)(=O)=O)cc2)cc(-c2cc(OC)n[nH]2)c1. The van der Waals surface area contributed by atoms with Crippen LogP contribution in [0.5, 0.6) is 17.4 Å². The van der Waals surface area contributed by atoms with E-state index in [0.29, 0.717) is 24.0 Å². The van der Waals surface area contributed by atoms with Crippen molar-refractivity contribution >= 4 is 9.84 Å². The van der Waals surface area contributed by atoms with E-state index in [9.17, 15) is 8.42 Å². The lowest BCUT2D eigenvalue weighted by molar-refractivity contribution is 0.0919. The molecule has 0 spiro atoms. The van der Waals surface area contributed by atoms with Gasteiger partial charge in [-0.25, -0.2) is 8.42 Å². The van der Waals surface area contributed by atoms with Crippen molar-refractivity contribution < 1.29 is 27.4 Å². The first-order valence-electron chi connectivity index (χ1n) is 9.60. The van der Waals surface area contributed by atoms with Crippen LogP contribution in [-0.4, -0.2) is 51.8 Å². The molecule has 3 aromatic rings. The number of ether oxygens (including phenoxy) is 4. The highest BCUT2D eigenvalue weighted by Crippen LogP contribution is 2.31. The van der Waals surface area contributed by atoms with Crippen molar-refractivity contribution in [3.05, 3.63) is 54.1 Å². The molecule has 2 aromatic carbocycles. The zero-order valence-corrected chi connectivity index (χ0v) is 18.7. The van der Waals surface area contributed by atoms with Crippen molar-refractivity contribution in [2.24, 2.45) is 0 Å². The fraction of sp³-hybridized carbons (Fsp3) is 0.318. The van der Waals surface area contributed by atoms with Gasteiger partial charge in [-0.3, -0.25) is 5.10 Å². The number of nitrogens with one attached hydrogen (secondary N) is 1. The number of hydrogen-bond donors (Lipinski definition) is 1. The van der Waals surface area contributed by atoms with E-state index in [1.165, 1.54) is 6.26 Å². The van der Waals surface area contributed by atoms with Gasteiger partial charge in [0.05, 0.1) is 24.3 Å². The average Bonchev–Trinajstić information content (AvgIpc) is 3.21. The Kier molecular flexibility index (Phi) is 7.19. The van der Waals surface area contributed by atoms with Gasteiger partial charge in [0.1, 0.15) is 24.2 Å². The molecule has 9 heteroatoms. The van der Waals surface area contributed by atoms with Gasteiger partial charge in [-0.1, -0.05) is 12.1 Å². The molecule has 166 valence electrons. The fourth-order valence-electron chi connectivity index (χ4n) is 2.93. The van der Waals surface area contributed by atoms with Crippen LogP contribution < -0.4 is 14.2 Å². The number of rotatable bonds is 10. The van der Waals surface area contributed by atoms with Gasteiger partial charge < -0.3 is 18.9 Å². The summed E-state index contributed by atoms with van der Waals surface area (Å²) in [6, 6.07) is 13.9. The monoisotopic (exact) mass is 446 g/mol. The van der Waals surface area contributed by atoms with E-state index in [4.69, 9.17) is 18.9 Å². The molecule has 3 rings (SSSR count). The largest absolute Gasteiger partial charge is 0.489 e. The molecule has 0 amide bonds. The summed E-state index contributed by atoms with van der Waals surface area (Å²) in [6.07, 6.45) is 1.04. The van der Waals surface area contributed by atoms with Gasteiger partial charge in [0.15, 0.2) is 9.84 Å². The minimum absolute atomic E-state index is 0.145. The molecule has 1 atom stereocenters. The third kappa shape index (κ3) is 6.22. The Balaban J connectivity index is 1.82. The summed E-state index contributed by atoms with van der Waals surface area (Å²) in [6.45, 7) is 2.64. The van der Waals surface area contributed by atoms with Crippen molar-refractivity contribution in [3.8, 4) is 28.6 Å². The Labute approximate surface area is 182 Å². The Morgan fingerprint density at radius 3 is 2.35 bits per heavy atom. The number of H-pyrrole nitrogens is 1. The van der Waals surface area contributed by atoms with Crippen LogP contribution in [0.1, 0.15) is 12.5 Å². The van der Waals surface area contributed by atoms with E-state index in [0.717, 1.165) is 16.8 Å². The molecule has 0 saturated heterocycles.